The molecule has 0 aliphatic heterocycles. The van der Waals surface area contributed by atoms with E-state index in [2.05, 4.69) is 24.4 Å². The first-order valence-electron chi connectivity index (χ1n) is 12.0. The normalized spacial score (nSPS) is 12.2. The Balaban J connectivity index is 1.97. The van der Waals surface area contributed by atoms with Crippen LogP contribution in [0.25, 0.3) is 0 Å². The molecule has 0 aromatic heterocycles. The molecule has 0 aliphatic carbocycles. The van der Waals surface area contributed by atoms with E-state index in [0.29, 0.717) is 18.7 Å². The standard InChI is InChI=1S/C26H43NO4/c1-3-4-5-12-15-23(28)16-13-10-8-6-7-9-11-14-17-26(30)27-21-22-18-19-24(29)25(20-22)31-2/h10,13,18-20,23,28-29H,3-9,11-12,14-17,21H2,1-2H3,(H,27,30)/b13-10+/t23-/m1/s1. The number of aliphatic hydroxyl groups excluding tert-OH is 1. The summed E-state index contributed by atoms with van der Waals surface area (Å²) in [5.74, 6) is 0.576. The number of phenols is 1. The third-order valence-electron chi connectivity index (χ3n) is 5.47. The SMILES string of the molecule is CCCCCC[C@@H](O)C/C=C/CCCCCCCC(=O)NCc1ccc(O)c(OC)c1. The van der Waals surface area contributed by atoms with Gasteiger partial charge in [0.2, 0.25) is 5.91 Å². The molecule has 1 atom stereocenters. The van der Waals surface area contributed by atoms with Gasteiger partial charge in [0, 0.05) is 13.0 Å². The fourth-order valence-electron chi connectivity index (χ4n) is 3.49. The summed E-state index contributed by atoms with van der Waals surface area (Å²) < 4.78 is 5.08. The van der Waals surface area contributed by atoms with Crippen molar-refractivity contribution in [1.29, 1.82) is 0 Å². The Bertz CT molecular complexity index is 630. The predicted molar refractivity (Wildman–Crippen MR) is 127 cm³/mol. The highest BCUT2D eigenvalue weighted by atomic mass is 16.5. The number of phenolic OH excluding ortho intramolecular Hbond substituents is 1. The van der Waals surface area contributed by atoms with E-state index >= 15 is 0 Å². The van der Waals surface area contributed by atoms with E-state index in [0.717, 1.165) is 56.9 Å². The number of nitrogens with one attached hydrogen (secondary N) is 1. The summed E-state index contributed by atoms with van der Waals surface area (Å²) in [6.07, 6.45) is 17.8. The highest BCUT2D eigenvalue weighted by Gasteiger charge is 2.05. The van der Waals surface area contributed by atoms with Gasteiger partial charge in [-0.15, -0.1) is 0 Å². The molecule has 0 aliphatic rings. The second-order valence-corrected chi connectivity index (χ2v) is 8.30. The van der Waals surface area contributed by atoms with Crippen LogP contribution >= 0.6 is 0 Å². The summed E-state index contributed by atoms with van der Waals surface area (Å²) >= 11 is 0. The topological polar surface area (TPSA) is 78.8 Å². The lowest BCUT2D eigenvalue weighted by atomic mass is 10.1. The zero-order chi connectivity index (χ0) is 22.7. The predicted octanol–water partition coefficient (Wildman–Crippen LogP) is 6.03. The highest BCUT2D eigenvalue weighted by molar-refractivity contribution is 5.75. The molecular weight excluding hydrogens is 390 g/mol. The number of hydrogen-bond acceptors (Lipinski definition) is 4. The molecule has 0 saturated heterocycles. The van der Waals surface area contributed by atoms with Gasteiger partial charge in [-0.1, -0.05) is 70.1 Å². The molecular formula is C26H43NO4. The average Bonchev–Trinajstić information content (AvgIpc) is 2.77. The van der Waals surface area contributed by atoms with Crippen molar-refractivity contribution in [2.75, 3.05) is 7.11 Å². The van der Waals surface area contributed by atoms with Gasteiger partial charge in [-0.2, -0.15) is 0 Å². The van der Waals surface area contributed by atoms with Crippen molar-refractivity contribution in [3.8, 4) is 11.5 Å². The van der Waals surface area contributed by atoms with Crippen molar-refractivity contribution < 1.29 is 19.7 Å². The van der Waals surface area contributed by atoms with Gasteiger partial charge in [-0.3, -0.25) is 4.79 Å². The van der Waals surface area contributed by atoms with Crippen molar-refractivity contribution in [2.45, 2.75) is 103 Å². The second-order valence-electron chi connectivity index (χ2n) is 8.30. The smallest absolute Gasteiger partial charge is 0.220 e. The quantitative estimate of drug-likeness (QED) is 0.195. The molecule has 3 N–H and O–H groups in total. The van der Waals surface area contributed by atoms with Crippen molar-refractivity contribution in [3.05, 3.63) is 35.9 Å². The molecule has 0 radical (unpaired) electrons. The number of carbonyl (C=O) groups is 1. The summed E-state index contributed by atoms with van der Waals surface area (Å²) in [4.78, 5) is 12.0. The van der Waals surface area contributed by atoms with Gasteiger partial charge in [0.25, 0.3) is 0 Å². The number of benzene rings is 1. The molecule has 0 heterocycles. The maximum atomic E-state index is 12.0. The van der Waals surface area contributed by atoms with Gasteiger partial charge in [-0.25, -0.2) is 0 Å². The van der Waals surface area contributed by atoms with Crippen LogP contribution in [0.1, 0.15) is 96.0 Å². The first kappa shape index (κ1) is 27.0. The van der Waals surface area contributed by atoms with Crippen LogP contribution in [0.5, 0.6) is 11.5 Å². The molecule has 0 spiro atoms. The van der Waals surface area contributed by atoms with Crippen LogP contribution in [0.4, 0.5) is 0 Å². The van der Waals surface area contributed by atoms with Crippen LogP contribution in [0.15, 0.2) is 30.4 Å². The molecule has 0 unspecified atom stereocenters. The third kappa shape index (κ3) is 13.8. The van der Waals surface area contributed by atoms with Crippen LogP contribution in [-0.4, -0.2) is 29.3 Å². The van der Waals surface area contributed by atoms with Crippen molar-refractivity contribution in [3.63, 3.8) is 0 Å². The molecule has 5 nitrogen and oxygen atoms in total. The lowest BCUT2D eigenvalue weighted by Crippen LogP contribution is -2.22. The van der Waals surface area contributed by atoms with Gasteiger partial charge in [0.1, 0.15) is 0 Å². The van der Waals surface area contributed by atoms with E-state index in [9.17, 15) is 15.0 Å². The fraction of sp³-hybridized carbons (Fsp3) is 0.654. The van der Waals surface area contributed by atoms with Crippen LogP contribution in [0.2, 0.25) is 0 Å². The van der Waals surface area contributed by atoms with Crippen LogP contribution in [-0.2, 0) is 11.3 Å². The number of carbonyl (C=O) groups excluding carboxylic acids is 1. The summed E-state index contributed by atoms with van der Waals surface area (Å²) in [5, 5.41) is 22.4. The number of allylic oxidation sites excluding steroid dienone is 1. The van der Waals surface area contributed by atoms with Gasteiger partial charge in [0.15, 0.2) is 11.5 Å². The average molecular weight is 434 g/mol. The van der Waals surface area contributed by atoms with E-state index in [4.69, 9.17) is 4.74 Å². The van der Waals surface area contributed by atoms with E-state index < -0.39 is 0 Å². The molecule has 0 bridgehead atoms. The number of rotatable bonds is 18. The Labute approximate surface area is 188 Å². The number of aromatic hydroxyl groups is 1. The summed E-state index contributed by atoms with van der Waals surface area (Å²) in [6, 6.07) is 5.09. The van der Waals surface area contributed by atoms with Crippen molar-refractivity contribution >= 4 is 5.91 Å². The Morgan fingerprint density at radius 3 is 2.58 bits per heavy atom. The Morgan fingerprint density at radius 2 is 1.81 bits per heavy atom. The monoisotopic (exact) mass is 433 g/mol. The molecule has 1 aromatic carbocycles. The highest BCUT2D eigenvalue weighted by Crippen LogP contribution is 2.26. The molecule has 0 fully saturated rings. The lowest BCUT2D eigenvalue weighted by molar-refractivity contribution is -0.121. The first-order chi connectivity index (χ1) is 15.1. The zero-order valence-corrected chi connectivity index (χ0v) is 19.6. The molecule has 1 aromatic rings. The van der Waals surface area contributed by atoms with E-state index in [1.54, 1.807) is 18.2 Å². The largest absolute Gasteiger partial charge is 0.504 e. The lowest BCUT2D eigenvalue weighted by Gasteiger charge is -2.08. The number of unbranched alkanes of at least 4 members (excludes halogenated alkanes) is 8. The molecule has 1 rings (SSSR count). The number of ether oxygens (including phenoxy) is 1. The zero-order valence-electron chi connectivity index (χ0n) is 19.6. The minimum atomic E-state index is -0.185. The third-order valence-corrected chi connectivity index (χ3v) is 5.47. The molecule has 0 saturated carbocycles. The second kappa shape index (κ2) is 17.6. The van der Waals surface area contributed by atoms with Crippen LogP contribution in [0, 0.1) is 0 Å². The molecule has 5 heteroatoms. The number of aliphatic hydroxyl groups is 1. The maximum Gasteiger partial charge on any atom is 0.220 e. The minimum Gasteiger partial charge on any atom is -0.504 e. The fourth-order valence-corrected chi connectivity index (χ4v) is 3.49. The Kier molecular flexibility index (Phi) is 15.4. The molecule has 1 amide bonds. The minimum absolute atomic E-state index is 0.0585. The van der Waals surface area contributed by atoms with E-state index in [1.807, 2.05) is 0 Å². The van der Waals surface area contributed by atoms with Gasteiger partial charge < -0.3 is 20.3 Å². The van der Waals surface area contributed by atoms with Crippen LogP contribution < -0.4 is 10.1 Å². The number of methoxy groups -OCH3 is 1. The summed E-state index contributed by atoms with van der Waals surface area (Å²) in [7, 11) is 1.51. The van der Waals surface area contributed by atoms with E-state index in [1.165, 1.54) is 32.8 Å². The van der Waals surface area contributed by atoms with Gasteiger partial charge in [0.05, 0.1) is 13.2 Å². The van der Waals surface area contributed by atoms with Gasteiger partial charge >= 0.3 is 0 Å². The van der Waals surface area contributed by atoms with Crippen molar-refractivity contribution in [1.82, 2.24) is 5.32 Å². The van der Waals surface area contributed by atoms with Gasteiger partial charge in [-0.05, 0) is 49.8 Å². The Hall–Kier alpha value is -2.01. The van der Waals surface area contributed by atoms with E-state index in [-0.39, 0.29) is 17.8 Å². The number of hydrogen-bond donors (Lipinski definition) is 3. The number of amides is 1. The Morgan fingerprint density at radius 1 is 1.06 bits per heavy atom. The summed E-state index contributed by atoms with van der Waals surface area (Å²) in [5.41, 5.74) is 0.903. The molecule has 31 heavy (non-hydrogen) atoms. The first-order valence-corrected chi connectivity index (χ1v) is 12.0. The van der Waals surface area contributed by atoms with Crippen molar-refractivity contribution in [2.24, 2.45) is 0 Å². The maximum absolute atomic E-state index is 12.0. The van der Waals surface area contributed by atoms with Crippen LogP contribution in [0.3, 0.4) is 0 Å². The molecule has 176 valence electrons. The summed E-state index contributed by atoms with van der Waals surface area (Å²) in [6.45, 7) is 2.64.